The lowest BCUT2D eigenvalue weighted by atomic mass is 10.1. The summed E-state index contributed by atoms with van der Waals surface area (Å²) in [5, 5.41) is 5.33. The third kappa shape index (κ3) is 27.2. The second-order valence-electron chi connectivity index (χ2n) is 7.06. The van der Waals surface area contributed by atoms with Crippen LogP contribution >= 0.6 is 0 Å². The molecule has 0 amide bonds. The van der Waals surface area contributed by atoms with Crippen LogP contribution in [0, 0.1) is 7.14 Å². The van der Waals surface area contributed by atoms with Crippen molar-refractivity contribution in [2.45, 2.75) is 0 Å². The number of halogens is 17. The first kappa shape index (κ1) is 38.3. The van der Waals surface area contributed by atoms with E-state index in [-0.39, 0.29) is 21.2 Å². The summed E-state index contributed by atoms with van der Waals surface area (Å²) in [6.45, 7) is 0. The van der Waals surface area contributed by atoms with Gasteiger partial charge in [-0.1, -0.05) is 48.5 Å². The van der Waals surface area contributed by atoms with Gasteiger partial charge in [-0.25, -0.2) is 0 Å². The van der Waals surface area contributed by atoms with Gasteiger partial charge in [-0.3, -0.25) is 0 Å². The van der Waals surface area contributed by atoms with Crippen LogP contribution in [0.3, 0.4) is 0 Å². The quantitative estimate of drug-likeness (QED) is 0.115. The highest BCUT2D eigenvalue weighted by Gasteiger charge is 2.22. The van der Waals surface area contributed by atoms with E-state index in [1.807, 2.05) is 0 Å². The van der Waals surface area contributed by atoms with Crippen LogP contribution < -0.4 is 21.2 Å². The van der Waals surface area contributed by atoms with E-state index in [0.717, 1.165) is 0 Å². The summed E-state index contributed by atoms with van der Waals surface area (Å²) in [7, 11) is -24.0. The predicted molar refractivity (Wildman–Crippen MR) is 126 cm³/mol. The summed E-state index contributed by atoms with van der Waals surface area (Å²) in [4.78, 5) is 0. The van der Waals surface area contributed by atoms with Crippen LogP contribution in [0.15, 0.2) is 84.9 Å². The van der Waals surface area contributed by atoms with E-state index < -0.39 is 29.0 Å². The van der Waals surface area contributed by atoms with Gasteiger partial charge in [-0.15, -0.1) is 0 Å². The molecule has 21 heteroatoms. The zero-order valence-corrected chi connectivity index (χ0v) is 22.0. The average Bonchev–Trinajstić information content (AvgIpc) is 2.74. The van der Waals surface area contributed by atoms with Gasteiger partial charge in [0.1, 0.15) is 0 Å². The van der Waals surface area contributed by atoms with Crippen LogP contribution in [0.4, 0.5) is 69.1 Å². The molecule has 4 aromatic carbocycles. The summed E-state index contributed by atoms with van der Waals surface area (Å²) in [6.07, 6.45) is 0. The van der Waals surface area contributed by atoms with E-state index in [2.05, 4.69) is 84.9 Å². The molecule has 0 aliphatic carbocycles. The fourth-order valence-corrected chi connectivity index (χ4v) is 4.98. The van der Waals surface area contributed by atoms with Crippen molar-refractivity contribution in [2.75, 3.05) is 0 Å². The van der Waals surface area contributed by atoms with Crippen LogP contribution in [0.25, 0.3) is 21.5 Å². The highest BCUT2D eigenvalue weighted by molar-refractivity contribution is 6.50. The van der Waals surface area contributed by atoms with Gasteiger partial charge in [0.25, 0.3) is 0 Å². The lowest BCUT2D eigenvalue weighted by Gasteiger charge is -1.97. The fraction of sp³-hybridized carbons (Fsp3) is 0. The molecule has 0 fully saturated rings. The summed E-state index contributed by atoms with van der Waals surface area (Å²) in [5.74, 6) is 0. The third-order valence-corrected chi connectivity index (χ3v) is 6.23. The molecule has 0 unspecified atom stereocenters. The normalized spacial score (nSPS) is 11.5. The zero-order valence-electron chi connectivity index (χ0n) is 19.8. The van der Waals surface area contributed by atoms with Crippen molar-refractivity contribution in [3.8, 4) is 0 Å². The molecule has 0 aliphatic heterocycles. The van der Waals surface area contributed by atoms with Crippen LogP contribution in [0.5, 0.6) is 0 Å². The topological polar surface area (TPSA) is 0 Å². The Labute approximate surface area is 232 Å². The van der Waals surface area contributed by atoms with Gasteiger partial charge in [0.05, 0.1) is 0 Å². The molecule has 4 rings (SSSR count). The van der Waals surface area contributed by atoms with E-state index in [1.165, 1.54) is 28.7 Å². The SMILES string of the molecule is F[B-](F)(F)F.F[B-](F)(F)F.F[B-](F)(F)F.F[B-](F)(F)F.c1ccc2cc([I+]c3ccc4ccccc4c3)ccc2c1. The Morgan fingerprint density at radius 1 is 0.317 bits per heavy atom. The maximum Gasteiger partial charge on any atom is 0.673 e. The van der Waals surface area contributed by atoms with E-state index in [1.54, 1.807) is 0 Å². The van der Waals surface area contributed by atoms with Crippen molar-refractivity contribution < 1.29 is 90.3 Å². The molecule has 4 aromatic rings. The molecule has 0 radical (unpaired) electrons. The molecule has 0 heterocycles. The lowest BCUT2D eigenvalue weighted by Crippen LogP contribution is -3.61. The molecule has 0 N–H and O–H groups in total. The van der Waals surface area contributed by atoms with Crippen LogP contribution in [0.2, 0.25) is 0 Å². The Morgan fingerprint density at radius 3 is 0.780 bits per heavy atom. The summed E-state index contributed by atoms with van der Waals surface area (Å²) in [6, 6.07) is 30.9. The molecule has 0 aromatic heterocycles. The first-order valence-corrected chi connectivity index (χ1v) is 12.7. The zero-order chi connectivity index (χ0) is 32.1. The largest absolute Gasteiger partial charge is 0.673 e. The molecule has 41 heavy (non-hydrogen) atoms. The minimum atomic E-state index is -6.00. The maximum atomic E-state index is 9.75. The number of hydrogen-bond donors (Lipinski definition) is 0. The van der Waals surface area contributed by atoms with Gasteiger partial charge >= 0.3 is 50.2 Å². The first-order valence-electron chi connectivity index (χ1n) is 10.5. The minimum Gasteiger partial charge on any atom is -0.418 e. The van der Waals surface area contributed by atoms with E-state index in [4.69, 9.17) is 0 Å². The monoisotopic (exact) mass is 729 g/mol. The molecule has 0 aliphatic rings. The average molecular weight is 728 g/mol. The Kier molecular flexibility index (Phi) is 15.5. The minimum absolute atomic E-state index is 0.121. The van der Waals surface area contributed by atoms with Gasteiger partial charge in [-0.2, -0.15) is 0 Å². The van der Waals surface area contributed by atoms with Crippen LogP contribution in [-0.4, -0.2) is 29.0 Å². The van der Waals surface area contributed by atoms with E-state index in [0.29, 0.717) is 0 Å². The molecule has 0 atom stereocenters. The summed E-state index contributed by atoms with van der Waals surface area (Å²) in [5.41, 5.74) is 0. The number of rotatable bonds is 2. The number of hydrogen-bond acceptors (Lipinski definition) is 0. The lowest BCUT2D eigenvalue weighted by molar-refractivity contribution is -0.597. The standard InChI is InChI=1S/C20H14I.4BF4/c1-3-7-17-13-19(11-9-15(17)5-1)21-20-12-10-16-6-2-4-8-18(16)14-20;4*2-1(3,4)5/h1-14H;;;;/q+1;4*-1. The number of benzene rings is 4. The smallest absolute Gasteiger partial charge is 0.418 e. The summed E-state index contributed by atoms with van der Waals surface area (Å²) < 4.78 is 159. The van der Waals surface area contributed by atoms with Crippen LogP contribution in [0.1, 0.15) is 0 Å². The first-order chi connectivity index (χ1) is 18.4. The molecule has 0 nitrogen and oxygen atoms in total. The van der Waals surface area contributed by atoms with E-state index in [9.17, 15) is 69.1 Å². The highest BCUT2D eigenvalue weighted by atomic mass is 127. The Bertz CT molecular complexity index is 1170. The predicted octanol–water partition coefficient (Wildman–Crippen LogP) is 7.32. The molecular weight excluding hydrogens is 714 g/mol. The van der Waals surface area contributed by atoms with Crippen LogP contribution in [-0.2, 0) is 0 Å². The van der Waals surface area contributed by atoms with Crippen molar-refractivity contribution in [1.29, 1.82) is 0 Å². The van der Waals surface area contributed by atoms with Crippen molar-refractivity contribution in [1.82, 2.24) is 0 Å². The second kappa shape index (κ2) is 16.6. The molecule has 0 saturated heterocycles. The van der Waals surface area contributed by atoms with Crippen molar-refractivity contribution in [3.05, 3.63) is 92.1 Å². The van der Waals surface area contributed by atoms with Gasteiger partial charge < -0.3 is 69.1 Å². The van der Waals surface area contributed by atoms with E-state index >= 15 is 0 Å². The molecule has 0 bridgehead atoms. The molecular formula is C20H14B4F16I-3. The van der Waals surface area contributed by atoms with Gasteiger partial charge in [0.2, 0.25) is 0 Å². The molecule has 0 spiro atoms. The highest BCUT2D eigenvalue weighted by Crippen LogP contribution is 2.13. The van der Waals surface area contributed by atoms with Crippen molar-refractivity contribution in [3.63, 3.8) is 0 Å². The van der Waals surface area contributed by atoms with Crippen molar-refractivity contribution >= 4 is 50.6 Å². The van der Waals surface area contributed by atoms with Crippen molar-refractivity contribution in [2.24, 2.45) is 0 Å². The molecule has 0 saturated carbocycles. The Morgan fingerprint density at radius 2 is 0.537 bits per heavy atom. The Hall–Kier alpha value is -2.73. The van der Waals surface area contributed by atoms with Gasteiger partial charge in [0, 0.05) is 0 Å². The van der Waals surface area contributed by atoms with Gasteiger partial charge in [-0.05, 0) is 57.9 Å². The number of fused-ring (bicyclic) bond motifs is 2. The third-order valence-electron chi connectivity index (χ3n) is 3.64. The summed E-state index contributed by atoms with van der Waals surface area (Å²) >= 11 is -0.121. The maximum absolute atomic E-state index is 9.75. The second-order valence-corrected chi connectivity index (χ2v) is 10.1. The molecule has 228 valence electrons. The fourth-order valence-electron chi connectivity index (χ4n) is 2.56. The van der Waals surface area contributed by atoms with Gasteiger partial charge in [0.15, 0.2) is 7.14 Å². The Balaban J connectivity index is 0.000000658.